The minimum atomic E-state index is -4.49. The summed E-state index contributed by atoms with van der Waals surface area (Å²) in [4.78, 5) is 7.26. The molecule has 0 aliphatic heterocycles. The van der Waals surface area contributed by atoms with Crippen molar-refractivity contribution in [2.45, 2.75) is 6.18 Å². The van der Waals surface area contributed by atoms with Crippen LogP contribution in [0.4, 0.5) is 13.2 Å². The van der Waals surface area contributed by atoms with Crippen LogP contribution in [0.2, 0.25) is 15.2 Å². The summed E-state index contributed by atoms with van der Waals surface area (Å²) in [6, 6.07) is 1.31. The monoisotopic (exact) mass is 332 g/mol. The molecule has 0 N–H and O–H groups in total. The van der Waals surface area contributed by atoms with Crippen molar-refractivity contribution >= 4 is 46.1 Å². The van der Waals surface area contributed by atoms with Crippen LogP contribution in [0.1, 0.15) is 5.69 Å². The van der Waals surface area contributed by atoms with Crippen LogP contribution >= 0.6 is 46.1 Å². The molecule has 0 atom stereocenters. The van der Waals surface area contributed by atoms with E-state index in [2.05, 4.69) is 9.97 Å². The third kappa shape index (κ3) is 2.71. The second kappa shape index (κ2) is 4.85. The number of alkyl halides is 3. The van der Waals surface area contributed by atoms with Gasteiger partial charge in [-0.25, -0.2) is 9.97 Å². The van der Waals surface area contributed by atoms with Gasteiger partial charge in [0.25, 0.3) is 0 Å². The second-order valence-electron chi connectivity index (χ2n) is 3.13. The van der Waals surface area contributed by atoms with Gasteiger partial charge < -0.3 is 0 Å². The van der Waals surface area contributed by atoms with E-state index in [4.69, 9.17) is 34.8 Å². The molecule has 0 aliphatic carbocycles. The largest absolute Gasteiger partial charge is 0.434 e. The maximum absolute atomic E-state index is 12.4. The molecule has 0 spiro atoms. The Morgan fingerprint density at radius 3 is 2.28 bits per heavy atom. The number of hydrogen-bond donors (Lipinski definition) is 0. The van der Waals surface area contributed by atoms with E-state index in [-0.39, 0.29) is 25.9 Å². The number of aromatic nitrogens is 2. The molecular formula is C9H2Cl3F3N2S. The molecular weight excluding hydrogens is 332 g/mol. The minimum Gasteiger partial charge on any atom is -0.232 e. The minimum absolute atomic E-state index is 0.0506. The zero-order chi connectivity index (χ0) is 13.5. The molecule has 0 radical (unpaired) electrons. The number of thiazole rings is 1. The third-order valence-electron chi connectivity index (χ3n) is 1.89. The second-order valence-corrected chi connectivity index (χ2v) is 5.13. The van der Waals surface area contributed by atoms with Crippen LogP contribution in [0, 0.1) is 0 Å². The number of halogens is 6. The van der Waals surface area contributed by atoms with Crippen molar-refractivity contribution < 1.29 is 13.2 Å². The molecule has 0 amide bonds. The topological polar surface area (TPSA) is 25.8 Å². The van der Waals surface area contributed by atoms with Gasteiger partial charge in [0.05, 0.1) is 10.0 Å². The molecule has 0 saturated heterocycles. The Morgan fingerprint density at radius 1 is 1.11 bits per heavy atom. The van der Waals surface area contributed by atoms with Crippen LogP contribution in [-0.4, -0.2) is 9.97 Å². The first-order valence-corrected chi connectivity index (χ1v) is 6.35. The number of pyridine rings is 1. The molecule has 96 valence electrons. The molecule has 0 fully saturated rings. The lowest BCUT2D eigenvalue weighted by molar-refractivity contribution is -0.140. The Bertz CT molecular complexity index is 574. The number of nitrogens with zero attached hydrogens (tertiary/aromatic N) is 2. The van der Waals surface area contributed by atoms with Crippen molar-refractivity contribution in [1.82, 2.24) is 9.97 Å². The van der Waals surface area contributed by atoms with Gasteiger partial charge in [0.15, 0.2) is 5.69 Å². The molecule has 18 heavy (non-hydrogen) atoms. The molecule has 0 aliphatic rings. The molecule has 9 heteroatoms. The van der Waals surface area contributed by atoms with Crippen LogP contribution in [0.15, 0.2) is 11.4 Å². The summed E-state index contributed by atoms with van der Waals surface area (Å²) in [6.07, 6.45) is -4.49. The van der Waals surface area contributed by atoms with E-state index < -0.39 is 11.9 Å². The van der Waals surface area contributed by atoms with Gasteiger partial charge in [-0.15, -0.1) is 11.3 Å². The fourth-order valence-electron chi connectivity index (χ4n) is 1.10. The van der Waals surface area contributed by atoms with E-state index in [0.29, 0.717) is 0 Å². The molecule has 2 aromatic heterocycles. The lowest BCUT2D eigenvalue weighted by Gasteiger charge is -2.02. The van der Waals surface area contributed by atoms with Crippen molar-refractivity contribution in [2.75, 3.05) is 0 Å². The predicted octanol–water partition coefficient (Wildman–Crippen LogP) is 5.18. The summed E-state index contributed by atoms with van der Waals surface area (Å²) in [5.74, 6) is 0. The zero-order valence-electron chi connectivity index (χ0n) is 8.23. The molecule has 2 aromatic rings. The SMILES string of the molecule is FC(F)(F)c1csc(-c2cc(Cl)c(Cl)c(Cl)n2)n1. The van der Waals surface area contributed by atoms with Crippen LogP contribution in [0.25, 0.3) is 10.7 Å². The Hall–Kier alpha value is -0.560. The van der Waals surface area contributed by atoms with E-state index in [0.717, 1.165) is 16.7 Å². The summed E-state index contributed by atoms with van der Waals surface area (Å²) in [7, 11) is 0. The molecule has 0 aromatic carbocycles. The highest BCUT2D eigenvalue weighted by Crippen LogP contribution is 2.36. The first kappa shape index (κ1) is 13.9. The van der Waals surface area contributed by atoms with Crippen LogP contribution in [-0.2, 0) is 6.18 Å². The molecule has 2 heterocycles. The first-order chi connectivity index (χ1) is 8.29. The van der Waals surface area contributed by atoms with Crippen molar-refractivity contribution in [2.24, 2.45) is 0 Å². The summed E-state index contributed by atoms with van der Waals surface area (Å²) in [5, 5.41) is 1.05. The van der Waals surface area contributed by atoms with E-state index >= 15 is 0 Å². The fraction of sp³-hybridized carbons (Fsp3) is 0.111. The van der Waals surface area contributed by atoms with E-state index in [9.17, 15) is 13.2 Å². The van der Waals surface area contributed by atoms with Crippen LogP contribution in [0.5, 0.6) is 0 Å². The van der Waals surface area contributed by atoms with Gasteiger partial charge in [-0.2, -0.15) is 13.2 Å². The first-order valence-electron chi connectivity index (χ1n) is 4.33. The summed E-state index contributed by atoms with van der Waals surface area (Å²) >= 11 is 17.9. The molecule has 2 nitrogen and oxygen atoms in total. The normalized spacial score (nSPS) is 11.9. The van der Waals surface area contributed by atoms with Gasteiger partial charge in [-0.1, -0.05) is 34.8 Å². The van der Waals surface area contributed by atoms with E-state index in [1.807, 2.05) is 0 Å². The van der Waals surface area contributed by atoms with E-state index in [1.165, 1.54) is 6.07 Å². The van der Waals surface area contributed by atoms with Crippen LogP contribution < -0.4 is 0 Å². The quantitative estimate of drug-likeness (QED) is 0.672. The number of rotatable bonds is 1. The maximum atomic E-state index is 12.4. The maximum Gasteiger partial charge on any atom is 0.434 e. The van der Waals surface area contributed by atoms with Crippen LogP contribution in [0.3, 0.4) is 0 Å². The number of hydrogen-bond acceptors (Lipinski definition) is 3. The van der Waals surface area contributed by atoms with Gasteiger partial charge in [-0.05, 0) is 6.07 Å². The summed E-state index contributed by atoms with van der Waals surface area (Å²) < 4.78 is 37.2. The molecule has 0 saturated carbocycles. The molecule has 0 bridgehead atoms. The highest BCUT2D eigenvalue weighted by atomic mass is 35.5. The fourth-order valence-corrected chi connectivity index (χ4v) is 2.42. The molecule has 2 rings (SSSR count). The Morgan fingerprint density at radius 2 is 1.78 bits per heavy atom. The zero-order valence-corrected chi connectivity index (χ0v) is 11.3. The Labute approximate surface area is 118 Å². The van der Waals surface area contributed by atoms with Gasteiger partial charge in [-0.3, -0.25) is 0 Å². The van der Waals surface area contributed by atoms with Crippen molar-refractivity contribution in [3.63, 3.8) is 0 Å². The average Bonchev–Trinajstić information content (AvgIpc) is 2.73. The van der Waals surface area contributed by atoms with Gasteiger partial charge in [0, 0.05) is 5.38 Å². The van der Waals surface area contributed by atoms with E-state index in [1.54, 1.807) is 0 Å². The molecule has 0 unspecified atom stereocenters. The highest BCUT2D eigenvalue weighted by molar-refractivity contribution is 7.13. The van der Waals surface area contributed by atoms with Crippen molar-refractivity contribution in [1.29, 1.82) is 0 Å². The summed E-state index contributed by atoms with van der Waals surface area (Å²) in [5.41, 5.74) is -0.832. The Kier molecular flexibility index (Phi) is 3.73. The van der Waals surface area contributed by atoms with Crippen molar-refractivity contribution in [3.05, 3.63) is 32.3 Å². The highest BCUT2D eigenvalue weighted by Gasteiger charge is 2.34. The predicted molar refractivity (Wildman–Crippen MR) is 65.4 cm³/mol. The standard InChI is InChI=1S/C9H2Cl3F3N2S/c10-3-1-4(16-7(12)6(3)11)8-17-5(2-18-8)9(13,14)15/h1-2H. The van der Waals surface area contributed by atoms with Gasteiger partial charge in [0.2, 0.25) is 0 Å². The average molecular weight is 334 g/mol. The van der Waals surface area contributed by atoms with Crippen molar-refractivity contribution in [3.8, 4) is 10.7 Å². The van der Waals surface area contributed by atoms with Gasteiger partial charge >= 0.3 is 6.18 Å². The lowest BCUT2D eigenvalue weighted by atomic mass is 10.3. The Balaban J connectivity index is 2.47. The van der Waals surface area contributed by atoms with Gasteiger partial charge in [0.1, 0.15) is 15.9 Å². The third-order valence-corrected chi connectivity index (χ3v) is 3.90. The lowest BCUT2D eigenvalue weighted by Crippen LogP contribution is -2.04. The summed E-state index contributed by atoms with van der Waals surface area (Å²) in [6.45, 7) is 0. The smallest absolute Gasteiger partial charge is 0.232 e.